The average Bonchev–Trinajstić information content (AvgIpc) is 3.44. The molecule has 3 heterocycles. The van der Waals surface area contributed by atoms with Crippen LogP contribution in [0.4, 0.5) is 0 Å². The number of fused-ring (bicyclic) bond motifs is 1. The lowest BCUT2D eigenvalue weighted by molar-refractivity contribution is -0.121. The molecular formula is C21H20N4O5. The van der Waals surface area contributed by atoms with Crippen LogP contribution >= 0.6 is 0 Å². The first kappa shape index (κ1) is 19.3. The molecule has 0 spiro atoms. The Morgan fingerprint density at radius 2 is 1.97 bits per heavy atom. The van der Waals surface area contributed by atoms with Gasteiger partial charge in [0.25, 0.3) is 5.56 Å². The van der Waals surface area contributed by atoms with Crippen LogP contribution in [-0.4, -0.2) is 34.3 Å². The van der Waals surface area contributed by atoms with Crippen molar-refractivity contribution >= 4 is 11.4 Å². The van der Waals surface area contributed by atoms with Crippen molar-refractivity contribution in [3.05, 3.63) is 71.2 Å². The molecule has 0 unspecified atom stereocenters. The highest BCUT2D eigenvalue weighted by Crippen LogP contribution is 2.31. The van der Waals surface area contributed by atoms with Gasteiger partial charge in [-0.1, -0.05) is 0 Å². The minimum atomic E-state index is -0.315. The summed E-state index contributed by atoms with van der Waals surface area (Å²) in [6, 6.07) is 10.6. The largest absolute Gasteiger partial charge is 0.493 e. The van der Waals surface area contributed by atoms with E-state index in [2.05, 4.69) is 10.4 Å². The molecule has 0 atom stereocenters. The fraction of sp³-hybridized carbons (Fsp3) is 0.190. The van der Waals surface area contributed by atoms with Gasteiger partial charge in [-0.3, -0.25) is 9.59 Å². The Hall–Kier alpha value is -4.01. The van der Waals surface area contributed by atoms with E-state index in [4.69, 9.17) is 13.9 Å². The molecule has 0 fully saturated rings. The molecule has 4 rings (SSSR count). The van der Waals surface area contributed by atoms with Crippen molar-refractivity contribution in [3.63, 3.8) is 0 Å². The number of furan rings is 1. The number of carbonyl (C=O) groups excluding carboxylic acids is 1. The first-order valence-electron chi connectivity index (χ1n) is 9.19. The number of hydrogen-bond donors (Lipinski definition) is 1. The van der Waals surface area contributed by atoms with Gasteiger partial charge >= 0.3 is 0 Å². The molecule has 0 aliphatic heterocycles. The molecular weight excluding hydrogens is 388 g/mol. The van der Waals surface area contributed by atoms with Gasteiger partial charge in [0, 0.05) is 18.0 Å². The molecule has 1 aromatic carbocycles. The maximum Gasteiger partial charge on any atom is 0.277 e. The summed E-state index contributed by atoms with van der Waals surface area (Å²) in [5.74, 6) is 1.52. The summed E-state index contributed by atoms with van der Waals surface area (Å²) in [6.45, 7) is 0.159. The van der Waals surface area contributed by atoms with Gasteiger partial charge in [-0.05, 0) is 36.4 Å². The molecule has 0 radical (unpaired) electrons. The van der Waals surface area contributed by atoms with E-state index in [9.17, 15) is 9.59 Å². The number of methoxy groups -OCH3 is 2. The van der Waals surface area contributed by atoms with Crippen LogP contribution in [-0.2, 0) is 17.9 Å². The highest BCUT2D eigenvalue weighted by Gasteiger charge is 2.13. The summed E-state index contributed by atoms with van der Waals surface area (Å²) in [7, 11) is 3.12. The van der Waals surface area contributed by atoms with Gasteiger partial charge in [0.05, 0.1) is 32.7 Å². The fourth-order valence-electron chi connectivity index (χ4n) is 3.10. The molecule has 9 nitrogen and oxygen atoms in total. The van der Waals surface area contributed by atoms with Crippen LogP contribution in [0.5, 0.6) is 11.5 Å². The normalized spacial score (nSPS) is 10.9. The summed E-state index contributed by atoms with van der Waals surface area (Å²) in [5.41, 5.74) is 1.43. The van der Waals surface area contributed by atoms with Crippen LogP contribution in [0.15, 0.2) is 64.3 Å². The lowest BCUT2D eigenvalue weighted by Gasteiger charge is -2.08. The summed E-state index contributed by atoms with van der Waals surface area (Å²) in [4.78, 5) is 25.0. The van der Waals surface area contributed by atoms with Gasteiger partial charge < -0.3 is 23.8 Å². The zero-order valence-corrected chi connectivity index (χ0v) is 16.5. The van der Waals surface area contributed by atoms with E-state index >= 15 is 0 Å². The van der Waals surface area contributed by atoms with Crippen molar-refractivity contribution < 1.29 is 18.7 Å². The maximum atomic E-state index is 12.8. The van der Waals surface area contributed by atoms with Crippen molar-refractivity contribution in [2.75, 3.05) is 14.2 Å². The summed E-state index contributed by atoms with van der Waals surface area (Å²) < 4.78 is 18.6. The Morgan fingerprint density at radius 3 is 2.70 bits per heavy atom. The van der Waals surface area contributed by atoms with Crippen LogP contribution < -0.4 is 20.3 Å². The minimum absolute atomic E-state index is 0.104. The predicted octanol–water partition coefficient (Wildman–Crippen LogP) is 2.09. The first-order chi connectivity index (χ1) is 14.6. The zero-order chi connectivity index (χ0) is 21.1. The highest BCUT2D eigenvalue weighted by atomic mass is 16.5. The zero-order valence-electron chi connectivity index (χ0n) is 16.5. The van der Waals surface area contributed by atoms with Crippen molar-refractivity contribution in [2.24, 2.45) is 0 Å². The average molecular weight is 408 g/mol. The third-order valence-corrected chi connectivity index (χ3v) is 4.64. The number of ether oxygens (including phenoxy) is 2. The number of rotatable bonds is 7. The molecule has 3 aromatic heterocycles. The van der Waals surface area contributed by atoms with Crippen molar-refractivity contribution in [1.29, 1.82) is 0 Å². The summed E-state index contributed by atoms with van der Waals surface area (Å²) >= 11 is 0. The van der Waals surface area contributed by atoms with E-state index in [0.29, 0.717) is 28.5 Å². The Kier molecular flexibility index (Phi) is 5.25. The molecule has 0 aliphatic carbocycles. The number of nitrogens with zero attached hydrogens (tertiary/aromatic N) is 3. The van der Waals surface area contributed by atoms with Gasteiger partial charge in [0.1, 0.15) is 17.8 Å². The van der Waals surface area contributed by atoms with E-state index in [1.165, 1.54) is 21.5 Å². The number of carbonyl (C=O) groups is 1. The molecule has 154 valence electrons. The van der Waals surface area contributed by atoms with E-state index < -0.39 is 0 Å². The summed E-state index contributed by atoms with van der Waals surface area (Å²) in [5, 5.41) is 7.18. The minimum Gasteiger partial charge on any atom is -0.493 e. The number of benzene rings is 1. The predicted molar refractivity (Wildman–Crippen MR) is 109 cm³/mol. The molecule has 0 saturated carbocycles. The number of aromatic nitrogens is 3. The molecule has 1 N–H and O–H groups in total. The quantitative estimate of drug-likeness (QED) is 0.503. The van der Waals surface area contributed by atoms with E-state index in [0.717, 1.165) is 5.56 Å². The maximum absolute atomic E-state index is 12.8. The van der Waals surface area contributed by atoms with Crippen LogP contribution in [0.1, 0.15) is 5.76 Å². The smallest absolute Gasteiger partial charge is 0.277 e. The lowest BCUT2D eigenvalue weighted by Crippen LogP contribution is -2.32. The number of nitrogens with one attached hydrogen (secondary N) is 1. The lowest BCUT2D eigenvalue weighted by atomic mass is 10.1. The number of hydrogen-bond acceptors (Lipinski definition) is 6. The van der Waals surface area contributed by atoms with Crippen LogP contribution in [0.3, 0.4) is 0 Å². The molecule has 9 heteroatoms. The Bertz CT molecular complexity index is 1240. The van der Waals surface area contributed by atoms with Crippen LogP contribution in [0.2, 0.25) is 0 Å². The second-order valence-corrected chi connectivity index (χ2v) is 6.52. The summed E-state index contributed by atoms with van der Waals surface area (Å²) in [6.07, 6.45) is 4.71. The topological polar surface area (TPSA) is 100 Å². The fourth-order valence-corrected chi connectivity index (χ4v) is 3.10. The molecule has 4 aromatic rings. The number of amides is 1. The SMILES string of the molecule is COc1ccc(-c2cc3c(=O)n(CC(=O)NCc4ccco4)ccn3n2)cc1OC. The third kappa shape index (κ3) is 3.77. The van der Waals surface area contributed by atoms with Gasteiger partial charge in [-0.25, -0.2) is 4.52 Å². The monoisotopic (exact) mass is 408 g/mol. The van der Waals surface area contributed by atoms with E-state index in [1.54, 1.807) is 50.7 Å². The van der Waals surface area contributed by atoms with E-state index in [-0.39, 0.29) is 24.6 Å². The van der Waals surface area contributed by atoms with Crippen LogP contribution in [0, 0.1) is 0 Å². The highest BCUT2D eigenvalue weighted by molar-refractivity contribution is 5.76. The molecule has 0 bridgehead atoms. The molecule has 0 aliphatic rings. The van der Waals surface area contributed by atoms with Crippen LogP contribution in [0.25, 0.3) is 16.8 Å². The Morgan fingerprint density at radius 1 is 1.13 bits per heavy atom. The second kappa shape index (κ2) is 8.16. The Balaban J connectivity index is 1.57. The van der Waals surface area contributed by atoms with Crippen molar-refractivity contribution in [3.8, 4) is 22.8 Å². The van der Waals surface area contributed by atoms with Gasteiger partial charge in [0.15, 0.2) is 11.5 Å². The van der Waals surface area contributed by atoms with Gasteiger partial charge in [-0.15, -0.1) is 0 Å². The Labute approximate surface area is 171 Å². The van der Waals surface area contributed by atoms with Gasteiger partial charge in [0.2, 0.25) is 5.91 Å². The standard InChI is InChI=1S/C21H20N4O5/c1-28-18-6-5-14(10-19(18)29-2)16-11-17-21(27)24(7-8-25(17)23-16)13-20(26)22-12-15-4-3-9-30-15/h3-11H,12-13H2,1-2H3,(H,22,26). The second-order valence-electron chi connectivity index (χ2n) is 6.52. The van der Waals surface area contributed by atoms with Crippen molar-refractivity contribution in [1.82, 2.24) is 19.5 Å². The first-order valence-corrected chi connectivity index (χ1v) is 9.19. The van der Waals surface area contributed by atoms with Crippen molar-refractivity contribution in [2.45, 2.75) is 13.1 Å². The molecule has 1 amide bonds. The molecule has 30 heavy (non-hydrogen) atoms. The van der Waals surface area contributed by atoms with Gasteiger partial charge in [-0.2, -0.15) is 5.10 Å². The van der Waals surface area contributed by atoms with E-state index in [1.807, 2.05) is 6.07 Å². The third-order valence-electron chi connectivity index (χ3n) is 4.64. The molecule has 0 saturated heterocycles.